The molecule has 0 saturated heterocycles. The quantitative estimate of drug-likeness (QED) is 0.690. The molecule has 3 rings (SSSR count). The molecule has 4 nitrogen and oxygen atoms in total. The van der Waals surface area contributed by atoms with Crippen LogP contribution in [0.2, 0.25) is 0 Å². The topological polar surface area (TPSA) is 39.9 Å². The second kappa shape index (κ2) is 4.14. The summed E-state index contributed by atoms with van der Waals surface area (Å²) in [5, 5.41) is 1.05. The van der Waals surface area contributed by atoms with Gasteiger partial charge in [0.2, 0.25) is 0 Å². The zero-order valence-electron chi connectivity index (χ0n) is 10.3. The normalized spacial score (nSPS) is 10.8. The number of pyridine rings is 1. The van der Waals surface area contributed by atoms with Crippen LogP contribution in [-0.4, -0.2) is 21.6 Å². The van der Waals surface area contributed by atoms with Crippen LogP contribution in [0.5, 0.6) is 5.75 Å². The highest BCUT2D eigenvalue weighted by atomic mass is 16.5. The van der Waals surface area contributed by atoms with Gasteiger partial charge in [0.1, 0.15) is 5.75 Å². The van der Waals surface area contributed by atoms with Crippen LogP contribution in [-0.2, 0) is 0 Å². The molecule has 2 aromatic heterocycles. The number of aromatic nitrogens is 3. The number of methoxy groups -OCH3 is 1. The van der Waals surface area contributed by atoms with Gasteiger partial charge in [0.05, 0.1) is 24.6 Å². The van der Waals surface area contributed by atoms with E-state index in [9.17, 15) is 0 Å². The van der Waals surface area contributed by atoms with Gasteiger partial charge in [-0.3, -0.25) is 4.98 Å². The van der Waals surface area contributed by atoms with Gasteiger partial charge in [0.15, 0.2) is 0 Å². The fourth-order valence-electron chi connectivity index (χ4n) is 2.06. The molecular formula is C14H13N3O. The first-order chi connectivity index (χ1) is 8.78. The molecule has 90 valence electrons. The van der Waals surface area contributed by atoms with Gasteiger partial charge < -0.3 is 9.30 Å². The monoisotopic (exact) mass is 239 g/mol. The lowest BCUT2D eigenvalue weighted by atomic mass is 10.1. The molecule has 0 N–H and O–H groups in total. The number of rotatable bonds is 2. The first-order valence-electron chi connectivity index (χ1n) is 5.71. The van der Waals surface area contributed by atoms with Crippen LogP contribution in [0.25, 0.3) is 16.6 Å². The molecule has 0 spiro atoms. The number of ether oxygens (including phenoxy) is 1. The molecule has 0 bridgehead atoms. The Morgan fingerprint density at radius 1 is 1.22 bits per heavy atom. The molecule has 0 unspecified atom stereocenters. The molecule has 3 aromatic rings. The lowest BCUT2D eigenvalue weighted by molar-refractivity contribution is 0.415. The van der Waals surface area contributed by atoms with Crippen LogP contribution < -0.4 is 4.74 Å². The van der Waals surface area contributed by atoms with Crippen LogP contribution in [0.1, 0.15) is 5.69 Å². The van der Waals surface area contributed by atoms with Crippen molar-refractivity contribution in [3.8, 4) is 11.4 Å². The summed E-state index contributed by atoms with van der Waals surface area (Å²) in [7, 11) is 1.67. The van der Waals surface area contributed by atoms with Gasteiger partial charge in [-0.2, -0.15) is 0 Å². The van der Waals surface area contributed by atoms with Crippen molar-refractivity contribution in [3.63, 3.8) is 0 Å². The Balaban J connectivity index is 2.34. The Morgan fingerprint density at radius 3 is 2.83 bits per heavy atom. The van der Waals surface area contributed by atoms with Gasteiger partial charge in [-0.25, -0.2) is 4.98 Å². The van der Waals surface area contributed by atoms with Gasteiger partial charge in [-0.05, 0) is 31.2 Å². The van der Waals surface area contributed by atoms with E-state index in [0.717, 1.165) is 28.0 Å². The fourth-order valence-corrected chi connectivity index (χ4v) is 2.06. The maximum Gasteiger partial charge on any atom is 0.119 e. The highest BCUT2D eigenvalue weighted by Gasteiger charge is 2.07. The van der Waals surface area contributed by atoms with E-state index in [0.29, 0.717) is 0 Å². The number of hydrogen-bond acceptors (Lipinski definition) is 3. The molecule has 0 fully saturated rings. The molecule has 1 aromatic carbocycles. The van der Waals surface area contributed by atoms with E-state index < -0.39 is 0 Å². The van der Waals surface area contributed by atoms with E-state index in [-0.39, 0.29) is 0 Å². The standard InChI is InChI=1S/C14H13N3O/c1-10-7-14(17-6-5-15-9-17)12-8-11(18-2)3-4-13(12)16-10/h3-9H,1-2H3. The molecule has 0 amide bonds. The third-order valence-corrected chi connectivity index (χ3v) is 2.90. The van der Waals surface area contributed by atoms with E-state index >= 15 is 0 Å². The zero-order valence-corrected chi connectivity index (χ0v) is 10.3. The molecule has 0 aliphatic rings. The largest absolute Gasteiger partial charge is 0.497 e. The Morgan fingerprint density at radius 2 is 2.11 bits per heavy atom. The SMILES string of the molecule is COc1ccc2nc(C)cc(-n3ccnc3)c2c1. The Bertz CT molecular complexity index is 690. The summed E-state index contributed by atoms with van der Waals surface area (Å²) in [5.74, 6) is 0.828. The zero-order chi connectivity index (χ0) is 12.5. The predicted molar refractivity (Wildman–Crippen MR) is 70.2 cm³/mol. The van der Waals surface area contributed by atoms with Gasteiger partial charge in [-0.1, -0.05) is 0 Å². The van der Waals surface area contributed by atoms with Gasteiger partial charge in [-0.15, -0.1) is 0 Å². The number of benzene rings is 1. The molecule has 2 heterocycles. The lowest BCUT2D eigenvalue weighted by Gasteiger charge is -2.09. The van der Waals surface area contributed by atoms with Crippen molar-refractivity contribution in [2.24, 2.45) is 0 Å². The molecule has 0 aliphatic heterocycles. The van der Waals surface area contributed by atoms with Gasteiger partial charge in [0, 0.05) is 23.5 Å². The molecule has 0 atom stereocenters. The Kier molecular flexibility index (Phi) is 2.48. The maximum absolute atomic E-state index is 5.27. The summed E-state index contributed by atoms with van der Waals surface area (Å²) in [6, 6.07) is 7.94. The first-order valence-corrected chi connectivity index (χ1v) is 5.71. The number of nitrogens with zero attached hydrogens (tertiary/aromatic N) is 3. The fraction of sp³-hybridized carbons (Fsp3) is 0.143. The minimum atomic E-state index is 0.828. The molecule has 0 radical (unpaired) electrons. The summed E-state index contributed by atoms with van der Waals surface area (Å²) in [5.41, 5.74) is 3.00. The van der Waals surface area contributed by atoms with Crippen LogP contribution in [0.4, 0.5) is 0 Å². The second-order valence-corrected chi connectivity index (χ2v) is 4.14. The predicted octanol–water partition coefficient (Wildman–Crippen LogP) is 2.74. The van der Waals surface area contributed by atoms with Crippen molar-refractivity contribution in [3.05, 3.63) is 48.7 Å². The lowest BCUT2D eigenvalue weighted by Crippen LogP contribution is -1.96. The highest BCUT2D eigenvalue weighted by Crippen LogP contribution is 2.26. The summed E-state index contributed by atoms with van der Waals surface area (Å²) in [6.07, 6.45) is 5.48. The minimum Gasteiger partial charge on any atom is -0.497 e. The molecule has 0 saturated carbocycles. The minimum absolute atomic E-state index is 0.828. The van der Waals surface area contributed by atoms with E-state index in [1.54, 1.807) is 19.6 Å². The number of aryl methyl sites for hydroxylation is 1. The summed E-state index contributed by atoms with van der Waals surface area (Å²) in [6.45, 7) is 1.99. The second-order valence-electron chi connectivity index (χ2n) is 4.14. The van der Waals surface area contributed by atoms with Gasteiger partial charge in [0.25, 0.3) is 0 Å². The van der Waals surface area contributed by atoms with E-state index in [1.165, 1.54) is 0 Å². The Labute approximate surface area is 105 Å². The smallest absolute Gasteiger partial charge is 0.119 e. The van der Waals surface area contributed by atoms with Crippen molar-refractivity contribution in [1.29, 1.82) is 0 Å². The van der Waals surface area contributed by atoms with Crippen molar-refractivity contribution in [2.75, 3.05) is 7.11 Å². The van der Waals surface area contributed by atoms with Gasteiger partial charge >= 0.3 is 0 Å². The van der Waals surface area contributed by atoms with Crippen LogP contribution >= 0.6 is 0 Å². The number of hydrogen-bond donors (Lipinski definition) is 0. The van der Waals surface area contributed by atoms with E-state index in [1.807, 2.05) is 42.0 Å². The number of imidazole rings is 1. The van der Waals surface area contributed by atoms with Crippen molar-refractivity contribution < 1.29 is 4.74 Å². The third kappa shape index (κ3) is 1.72. The maximum atomic E-state index is 5.27. The number of fused-ring (bicyclic) bond motifs is 1. The average Bonchev–Trinajstić information content (AvgIpc) is 2.91. The Hall–Kier alpha value is -2.36. The average molecular weight is 239 g/mol. The summed E-state index contributed by atoms with van der Waals surface area (Å²) < 4.78 is 7.25. The first kappa shape index (κ1) is 10.8. The van der Waals surface area contributed by atoms with Crippen LogP contribution in [0.3, 0.4) is 0 Å². The molecule has 0 aliphatic carbocycles. The third-order valence-electron chi connectivity index (χ3n) is 2.90. The summed E-state index contributed by atoms with van der Waals surface area (Å²) >= 11 is 0. The van der Waals surface area contributed by atoms with Crippen molar-refractivity contribution >= 4 is 10.9 Å². The van der Waals surface area contributed by atoms with E-state index in [2.05, 4.69) is 9.97 Å². The molecule has 18 heavy (non-hydrogen) atoms. The van der Waals surface area contributed by atoms with E-state index in [4.69, 9.17) is 4.74 Å². The summed E-state index contributed by atoms with van der Waals surface area (Å²) in [4.78, 5) is 8.62. The van der Waals surface area contributed by atoms with Crippen molar-refractivity contribution in [2.45, 2.75) is 6.92 Å². The molecule has 4 heteroatoms. The van der Waals surface area contributed by atoms with Crippen molar-refractivity contribution in [1.82, 2.24) is 14.5 Å². The highest BCUT2D eigenvalue weighted by molar-refractivity contribution is 5.88. The molecular weight excluding hydrogens is 226 g/mol. The van der Waals surface area contributed by atoms with Crippen LogP contribution in [0, 0.1) is 6.92 Å². The van der Waals surface area contributed by atoms with Crippen LogP contribution in [0.15, 0.2) is 43.0 Å².